The van der Waals surface area contributed by atoms with E-state index < -0.39 is 17.7 Å². The number of halogens is 3. The van der Waals surface area contributed by atoms with Crippen molar-refractivity contribution in [1.82, 2.24) is 9.97 Å². The van der Waals surface area contributed by atoms with Gasteiger partial charge in [-0.2, -0.15) is 13.2 Å². The van der Waals surface area contributed by atoms with E-state index in [1.807, 2.05) is 4.90 Å². The Morgan fingerprint density at radius 2 is 2.24 bits per heavy atom. The third-order valence-electron chi connectivity index (χ3n) is 3.91. The van der Waals surface area contributed by atoms with Gasteiger partial charge < -0.3 is 9.64 Å². The normalized spacial score (nSPS) is 17.8. The predicted octanol–water partition coefficient (Wildman–Crippen LogP) is 4.08. The number of alkyl halides is 3. The lowest BCUT2D eigenvalue weighted by Crippen LogP contribution is -2.23. The lowest BCUT2D eigenvalue weighted by Gasteiger charge is -2.24. The van der Waals surface area contributed by atoms with Crippen LogP contribution in [0.2, 0.25) is 0 Å². The van der Waals surface area contributed by atoms with Crippen molar-refractivity contribution in [3.05, 3.63) is 40.0 Å². The fourth-order valence-electron chi connectivity index (χ4n) is 2.76. The summed E-state index contributed by atoms with van der Waals surface area (Å²) in [7, 11) is 0. The van der Waals surface area contributed by atoms with E-state index >= 15 is 0 Å². The minimum absolute atomic E-state index is 0.0996. The summed E-state index contributed by atoms with van der Waals surface area (Å²) in [6.45, 7) is 2.67. The second kappa shape index (κ2) is 6.99. The third kappa shape index (κ3) is 3.76. The molecule has 0 N–H and O–H groups in total. The Morgan fingerprint density at radius 1 is 1.44 bits per heavy atom. The van der Waals surface area contributed by atoms with Gasteiger partial charge in [-0.15, -0.1) is 11.3 Å². The lowest BCUT2D eigenvalue weighted by atomic mass is 10.2. The van der Waals surface area contributed by atoms with Crippen LogP contribution in [0, 0.1) is 0 Å². The van der Waals surface area contributed by atoms with E-state index in [0.717, 1.165) is 30.1 Å². The van der Waals surface area contributed by atoms with Gasteiger partial charge in [-0.3, -0.25) is 0 Å². The summed E-state index contributed by atoms with van der Waals surface area (Å²) < 4.78 is 43.0. The van der Waals surface area contributed by atoms with Gasteiger partial charge in [0.15, 0.2) is 5.69 Å². The molecule has 3 heterocycles. The Balaban J connectivity index is 1.80. The Hall–Kier alpha value is -2.16. The maximum absolute atomic E-state index is 12.7. The standard InChI is InChI=1S/C16H16F3N3O2S/c1-2-24-15(23)11-9-25-14(21-11)12-4-3-7-22(12)13-6-5-10(8-20-13)16(17,18)19/h5-6,8-9,12H,2-4,7H2,1H3. The molecular formula is C16H16F3N3O2S. The van der Waals surface area contributed by atoms with Crippen molar-refractivity contribution in [3.8, 4) is 0 Å². The van der Waals surface area contributed by atoms with Crippen LogP contribution in [-0.2, 0) is 10.9 Å². The molecule has 1 unspecified atom stereocenters. The smallest absolute Gasteiger partial charge is 0.417 e. The molecule has 0 saturated carbocycles. The van der Waals surface area contributed by atoms with Crippen LogP contribution in [0.1, 0.15) is 46.9 Å². The van der Waals surface area contributed by atoms with Gasteiger partial charge in [0, 0.05) is 18.1 Å². The van der Waals surface area contributed by atoms with Gasteiger partial charge in [0.05, 0.1) is 18.2 Å². The molecule has 1 aliphatic heterocycles. The fraction of sp³-hybridized carbons (Fsp3) is 0.438. The van der Waals surface area contributed by atoms with Crippen LogP contribution in [0.3, 0.4) is 0 Å². The first-order valence-corrected chi connectivity index (χ1v) is 8.70. The van der Waals surface area contributed by atoms with E-state index in [-0.39, 0.29) is 18.3 Å². The van der Waals surface area contributed by atoms with Crippen molar-refractivity contribution in [2.24, 2.45) is 0 Å². The minimum atomic E-state index is -4.40. The van der Waals surface area contributed by atoms with Crippen LogP contribution in [0.4, 0.5) is 19.0 Å². The summed E-state index contributed by atoms with van der Waals surface area (Å²) >= 11 is 1.35. The number of pyridine rings is 1. The van der Waals surface area contributed by atoms with E-state index in [4.69, 9.17) is 4.74 Å². The molecule has 0 aromatic carbocycles. The van der Waals surface area contributed by atoms with E-state index in [1.165, 1.54) is 17.4 Å². The molecule has 0 radical (unpaired) electrons. The zero-order valence-electron chi connectivity index (χ0n) is 13.4. The first kappa shape index (κ1) is 17.7. The van der Waals surface area contributed by atoms with Crippen LogP contribution in [0.5, 0.6) is 0 Å². The maximum Gasteiger partial charge on any atom is 0.417 e. The summed E-state index contributed by atoms with van der Waals surface area (Å²) in [5.41, 5.74) is -0.514. The second-order valence-electron chi connectivity index (χ2n) is 5.55. The molecule has 0 spiro atoms. The topological polar surface area (TPSA) is 55.3 Å². The van der Waals surface area contributed by atoms with Crippen LogP contribution < -0.4 is 4.90 Å². The highest BCUT2D eigenvalue weighted by atomic mass is 32.1. The molecule has 25 heavy (non-hydrogen) atoms. The first-order chi connectivity index (χ1) is 11.9. The molecule has 0 bridgehead atoms. The van der Waals surface area contributed by atoms with Crippen molar-refractivity contribution in [2.45, 2.75) is 32.0 Å². The number of rotatable bonds is 4. The quantitative estimate of drug-likeness (QED) is 0.758. The fourth-order valence-corrected chi connectivity index (χ4v) is 3.70. The molecule has 0 amide bonds. The van der Waals surface area contributed by atoms with Gasteiger partial charge in [0.2, 0.25) is 0 Å². The van der Waals surface area contributed by atoms with Gasteiger partial charge in [-0.25, -0.2) is 14.8 Å². The summed E-state index contributed by atoms with van der Waals surface area (Å²) in [4.78, 5) is 22.0. The third-order valence-corrected chi connectivity index (χ3v) is 4.86. The number of carbonyl (C=O) groups excluding carboxylic acids is 1. The van der Waals surface area contributed by atoms with Crippen molar-refractivity contribution in [2.75, 3.05) is 18.1 Å². The number of aromatic nitrogens is 2. The molecule has 0 aliphatic carbocycles. The number of esters is 1. The summed E-state index contributed by atoms with van der Waals surface area (Å²) in [6.07, 6.45) is -1.88. The second-order valence-corrected chi connectivity index (χ2v) is 6.44. The van der Waals surface area contributed by atoms with Gasteiger partial charge in [-0.05, 0) is 31.9 Å². The molecular weight excluding hydrogens is 355 g/mol. The number of hydrogen-bond acceptors (Lipinski definition) is 6. The molecule has 1 fully saturated rings. The molecule has 9 heteroatoms. The maximum atomic E-state index is 12.7. The van der Waals surface area contributed by atoms with Gasteiger partial charge in [-0.1, -0.05) is 0 Å². The molecule has 2 aromatic heterocycles. The van der Waals surface area contributed by atoms with Crippen molar-refractivity contribution < 1.29 is 22.7 Å². The Morgan fingerprint density at radius 3 is 2.88 bits per heavy atom. The molecule has 5 nitrogen and oxygen atoms in total. The number of thiazole rings is 1. The molecule has 1 aliphatic rings. The van der Waals surface area contributed by atoms with Gasteiger partial charge in [0.25, 0.3) is 0 Å². The zero-order chi connectivity index (χ0) is 18.0. The largest absolute Gasteiger partial charge is 0.461 e. The predicted molar refractivity (Wildman–Crippen MR) is 86.6 cm³/mol. The average molecular weight is 371 g/mol. The van der Waals surface area contributed by atoms with Gasteiger partial charge >= 0.3 is 12.1 Å². The number of carbonyl (C=O) groups is 1. The molecule has 3 rings (SSSR count). The highest BCUT2D eigenvalue weighted by molar-refractivity contribution is 7.10. The SMILES string of the molecule is CCOC(=O)c1csc(C2CCCN2c2ccc(C(F)(F)F)cn2)n1. The first-order valence-electron chi connectivity index (χ1n) is 7.82. The highest BCUT2D eigenvalue weighted by Crippen LogP contribution is 2.37. The van der Waals surface area contributed by atoms with E-state index in [9.17, 15) is 18.0 Å². The van der Waals surface area contributed by atoms with Crippen LogP contribution >= 0.6 is 11.3 Å². The summed E-state index contributed by atoms with van der Waals surface area (Å²) in [5, 5.41) is 2.38. The Kier molecular flexibility index (Phi) is 4.94. The molecule has 1 atom stereocenters. The molecule has 1 saturated heterocycles. The van der Waals surface area contributed by atoms with Crippen molar-refractivity contribution >= 4 is 23.1 Å². The summed E-state index contributed by atoms with van der Waals surface area (Å²) in [6, 6.07) is 2.31. The monoisotopic (exact) mass is 371 g/mol. The Labute approximate surface area is 146 Å². The van der Waals surface area contributed by atoms with Gasteiger partial charge in [0.1, 0.15) is 10.8 Å². The minimum Gasteiger partial charge on any atom is -0.461 e. The van der Waals surface area contributed by atoms with Crippen LogP contribution in [0.15, 0.2) is 23.7 Å². The van der Waals surface area contributed by atoms with Crippen LogP contribution in [-0.4, -0.2) is 29.1 Å². The molecule has 134 valence electrons. The number of hydrogen-bond donors (Lipinski definition) is 0. The average Bonchev–Trinajstić information content (AvgIpc) is 3.23. The number of nitrogens with zero attached hydrogens (tertiary/aromatic N) is 3. The van der Waals surface area contributed by atoms with Crippen molar-refractivity contribution in [3.63, 3.8) is 0 Å². The molecule has 2 aromatic rings. The van der Waals surface area contributed by atoms with Crippen LogP contribution in [0.25, 0.3) is 0 Å². The number of anilines is 1. The lowest BCUT2D eigenvalue weighted by molar-refractivity contribution is -0.137. The highest BCUT2D eigenvalue weighted by Gasteiger charge is 2.33. The van der Waals surface area contributed by atoms with E-state index in [0.29, 0.717) is 12.4 Å². The Bertz CT molecular complexity index is 746. The summed E-state index contributed by atoms with van der Waals surface area (Å²) in [5.74, 6) is 0.00517. The van der Waals surface area contributed by atoms with E-state index in [1.54, 1.807) is 12.3 Å². The van der Waals surface area contributed by atoms with Crippen molar-refractivity contribution in [1.29, 1.82) is 0 Å². The van der Waals surface area contributed by atoms with E-state index in [2.05, 4.69) is 9.97 Å². The number of ether oxygens (including phenoxy) is 1. The zero-order valence-corrected chi connectivity index (χ0v) is 14.2.